The standard InChI is InChI=1S/C12H17N3O2/c16-10-7-4-8-13-11(10)15-12(17)14-9-5-2-1-3-6-9/h4,7-9,16H,1-3,5-6H2,(H2,13,14,15,17). The molecule has 1 heterocycles. The van der Waals surface area contributed by atoms with Gasteiger partial charge in [-0.05, 0) is 25.0 Å². The van der Waals surface area contributed by atoms with Crippen molar-refractivity contribution in [3.8, 4) is 5.75 Å². The molecule has 1 aliphatic carbocycles. The summed E-state index contributed by atoms with van der Waals surface area (Å²) in [5.74, 6) is 0.173. The first-order valence-electron chi connectivity index (χ1n) is 5.97. The van der Waals surface area contributed by atoms with Crippen LogP contribution >= 0.6 is 0 Å². The number of aromatic hydroxyl groups is 1. The molecule has 92 valence electrons. The van der Waals surface area contributed by atoms with E-state index in [0.29, 0.717) is 0 Å². The fourth-order valence-electron chi connectivity index (χ4n) is 2.07. The smallest absolute Gasteiger partial charge is 0.320 e. The molecule has 0 radical (unpaired) electrons. The van der Waals surface area contributed by atoms with Crippen LogP contribution in [0.4, 0.5) is 10.6 Å². The third-order valence-corrected chi connectivity index (χ3v) is 2.96. The monoisotopic (exact) mass is 235 g/mol. The van der Waals surface area contributed by atoms with Crippen molar-refractivity contribution in [1.82, 2.24) is 10.3 Å². The number of hydrogen-bond acceptors (Lipinski definition) is 3. The minimum Gasteiger partial charge on any atom is -0.504 e. The fraction of sp³-hybridized carbons (Fsp3) is 0.500. The van der Waals surface area contributed by atoms with Gasteiger partial charge in [0.2, 0.25) is 0 Å². The zero-order chi connectivity index (χ0) is 12.1. The number of rotatable bonds is 2. The highest BCUT2D eigenvalue weighted by Gasteiger charge is 2.16. The van der Waals surface area contributed by atoms with E-state index in [2.05, 4.69) is 15.6 Å². The van der Waals surface area contributed by atoms with Gasteiger partial charge in [0.15, 0.2) is 11.6 Å². The Kier molecular flexibility index (Phi) is 3.80. The van der Waals surface area contributed by atoms with Crippen molar-refractivity contribution in [2.24, 2.45) is 0 Å². The van der Waals surface area contributed by atoms with Crippen LogP contribution in [0.2, 0.25) is 0 Å². The average Bonchev–Trinajstić information content (AvgIpc) is 2.33. The second kappa shape index (κ2) is 5.52. The first-order chi connectivity index (χ1) is 8.25. The Labute approximate surface area is 100 Å². The molecule has 1 saturated carbocycles. The van der Waals surface area contributed by atoms with Crippen molar-refractivity contribution in [3.05, 3.63) is 18.3 Å². The molecule has 0 aliphatic heterocycles. The van der Waals surface area contributed by atoms with E-state index in [1.807, 2.05) is 0 Å². The van der Waals surface area contributed by atoms with Gasteiger partial charge in [-0.15, -0.1) is 0 Å². The molecule has 1 aromatic heterocycles. The van der Waals surface area contributed by atoms with E-state index in [0.717, 1.165) is 12.8 Å². The maximum absolute atomic E-state index is 11.7. The van der Waals surface area contributed by atoms with Gasteiger partial charge in [-0.1, -0.05) is 19.3 Å². The van der Waals surface area contributed by atoms with Crippen molar-refractivity contribution >= 4 is 11.8 Å². The molecule has 5 heteroatoms. The highest BCUT2D eigenvalue weighted by atomic mass is 16.3. The predicted octanol–water partition coefficient (Wildman–Crippen LogP) is 2.24. The topological polar surface area (TPSA) is 74.2 Å². The van der Waals surface area contributed by atoms with Gasteiger partial charge in [0, 0.05) is 12.2 Å². The summed E-state index contributed by atoms with van der Waals surface area (Å²) in [7, 11) is 0. The van der Waals surface area contributed by atoms with E-state index in [4.69, 9.17) is 0 Å². The summed E-state index contributed by atoms with van der Waals surface area (Å²) >= 11 is 0. The fourth-order valence-corrected chi connectivity index (χ4v) is 2.07. The Balaban J connectivity index is 1.86. The summed E-state index contributed by atoms with van der Waals surface area (Å²) in [6, 6.07) is 3.04. The van der Waals surface area contributed by atoms with Gasteiger partial charge in [0.25, 0.3) is 0 Å². The van der Waals surface area contributed by atoms with Crippen LogP contribution < -0.4 is 10.6 Å². The Hall–Kier alpha value is -1.78. The van der Waals surface area contributed by atoms with E-state index in [1.54, 1.807) is 6.07 Å². The minimum atomic E-state index is -0.300. The molecular weight excluding hydrogens is 218 g/mol. The lowest BCUT2D eigenvalue weighted by Gasteiger charge is -2.22. The van der Waals surface area contributed by atoms with E-state index in [-0.39, 0.29) is 23.6 Å². The highest BCUT2D eigenvalue weighted by Crippen LogP contribution is 2.19. The van der Waals surface area contributed by atoms with E-state index in [1.165, 1.54) is 31.5 Å². The Bertz CT molecular complexity index is 389. The molecule has 0 atom stereocenters. The first-order valence-corrected chi connectivity index (χ1v) is 5.97. The van der Waals surface area contributed by atoms with Gasteiger partial charge in [0.1, 0.15) is 0 Å². The van der Waals surface area contributed by atoms with Gasteiger partial charge in [-0.25, -0.2) is 9.78 Å². The van der Waals surface area contributed by atoms with Gasteiger partial charge in [0.05, 0.1) is 0 Å². The molecule has 0 unspecified atom stereocenters. The third kappa shape index (κ3) is 3.34. The number of aromatic nitrogens is 1. The van der Waals surface area contributed by atoms with Crippen molar-refractivity contribution in [2.75, 3.05) is 5.32 Å². The number of pyridine rings is 1. The van der Waals surface area contributed by atoms with Gasteiger partial charge in [-0.2, -0.15) is 0 Å². The Morgan fingerprint density at radius 3 is 2.82 bits per heavy atom. The lowest BCUT2D eigenvalue weighted by molar-refractivity contribution is 0.244. The quantitative estimate of drug-likeness (QED) is 0.736. The van der Waals surface area contributed by atoms with Crippen molar-refractivity contribution in [3.63, 3.8) is 0 Å². The van der Waals surface area contributed by atoms with Crippen LogP contribution in [-0.4, -0.2) is 22.2 Å². The maximum atomic E-state index is 11.7. The zero-order valence-electron chi connectivity index (χ0n) is 9.65. The number of amides is 2. The lowest BCUT2D eigenvalue weighted by atomic mass is 9.96. The van der Waals surface area contributed by atoms with Gasteiger partial charge < -0.3 is 10.4 Å². The van der Waals surface area contributed by atoms with Crippen LogP contribution in [0.1, 0.15) is 32.1 Å². The normalized spacial score (nSPS) is 16.5. The van der Waals surface area contributed by atoms with Crippen molar-refractivity contribution in [2.45, 2.75) is 38.1 Å². The van der Waals surface area contributed by atoms with Gasteiger partial charge >= 0.3 is 6.03 Å². The van der Waals surface area contributed by atoms with Crippen LogP contribution in [-0.2, 0) is 0 Å². The summed E-state index contributed by atoms with van der Waals surface area (Å²) < 4.78 is 0. The summed E-state index contributed by atoms with van der Waals surface area (Å²) in [6.45, 7) is 0. The van der Waals surface area contributed by atoms with Crippen LogP contribution in [0, 0.1) is 0 Å². The maximum Gasteiger partial charge on any atom is 0.320 e. The molecule has 3 N–H and O–H groups in total. The number of anilines is 1. The Morgan fingerprint density at radius 1 is 1.35 bits per heavy atom. The molecule has 0 spiro atoms. The lowest BCUT2D eigenvalue weighted by Crippen LogP contribution is -2.39. The van der Waals surface area contributed by atoms with Crippen LogP contribution in [0.25, 0.3) is 0 Å². The summed E-state index contributed by atoms with van der Waals surface area (Å²) in [5.41, 5.74) is 0. The number of urea groups is 1. The van der Waals surface area contributed by atoms with Crippen molar-refractivity contribution < 1.29 is 9.90 Å². The predicted molar refractivity (Wildman–Crippen MR) is 64.9 cm³/mol. The third-order valence-electron chi connectivity index (χ3n) is 2.96. The molecule has 0 aromatic carbocycles. The van der Waals surface area contributed by atoms with Crippen LogP contribution in [0.3, 0.4) is 0 Å². The molecule has 5 nitrogen and oxygen atoms in total. The first kappa shape index (κ1) is 11.7. The van der Waals surface area contributed by atoms with Crippen molar-refractivity contribution in [1.29, 1.82) is 0 Å². The van der Waals surface area contributed by atoms with E-state index < -0.39 is 0 Å². The second-order valence-electron chi connectivity index (χ2n) is 4.30. The van der Waals surface area contributed by atoms with Gasteiger partial charge in [-0.3, -0.25) is 5.32 Å². The van der Waals surface area contributed by atoms with Crippen LogP contribution in [0.5, 0.6) is 5.75 Å². The number of nitrogens with zero attached hydrogens (tertiary/aromatic N) is 1. The summed E-state index contributed by atoms with van der Waals surface area (Å²) in [4.78, 5) is 15.5. The van der Waals surface area contributed by atoms with Crippen LogP contribution in [0.15, 0.2) is 18.3 Å². The minimum absolute atomic E-state index is 0.0219. The molecule has 1 fully saturated rings. The molecule has 0 bridgehead atoms. The molecule has 1 aliphatic rings. The molecular formula is C12H17N3O2. The molecule has 1 aromatic rings. The number of carbonyl (C=O) groups excluding carboxylic acids is 1. The molecule has 17 heavy (non-hydrogen) atoms. The second-order valence-corrected chi connectivity index (χ2v) is 4.30. The molecule has 2 rings (SSSR count). The number of nitrogens with one attached hydrogen (secondary N) is 2. The number of carbonyl (C=O) groups is 1. The average molecular weight is 235 g/mol. The molecule has 2 amide bonds. The molecule has 0 saturated heterocycles. The Morgan fingerprint density at radius 2 is 2.12 bits per heavy atom. The number of hydrogen-bond donors (Lipinski definition) is 3. The highest BCUT2D eigenvalue weighted by molar-refractivity contribution is 5.89. The SMILES string of the molecule is O=C(Nc1ncccc1O)NC1CCCCC1. The zero-order valence-corrected chi connectivity index (χ0v) is 9.65. The summed E-state index contributed by atoms with van der Waals surface area (Å²) in [6.07, 6.45) is 7.17. The van der Waals surface area contributed by atoms with E-state index >= 15 is 0 Å². The van der Waals surface area contributed by atoms with E-state index in [9.17, 15) is 9.90 Å². The largest absolute Gasteiger partial charge is 0.504 e. The summed E-state index contributed by atoms with van der Waals surface area (Å²) in [5, 5.41) is 14.9.